The highest BCUT2D eigenvalue weighted by Gasteiger charge is 2.32. The first-order valence-corrected chi connectivity index (χ1v) is 15.9. The van der Waals surface area contributed by atoms with Crippen molar-refractivity contribution < 1.29 is 0 Å². The number of hydrogen-bond donors (Lipinski definition) is 0. The van der Waals surface area contributed by atoms with Gasteiger partial charge in [-0.25, -0.2) is 0 Å². The number of para-hydroxylation sites is 1. The molecule has 1 heteroatoms. The molecule has 0 radical (unpaired) electrons. The molecule has 0 aliphatic heterocycles. The molecular weight excluding hydrogens is 555 g/mol. The number of anilines is 3. The maximum atomic E-state index is 2.42. The molecule has 1 nitrogen and oxygen atoms in total. The topological polar surface area (TPSA) is 3.24 Å². The minimum absolute atomic E-state index is 1.14. The third kappa shape index (κ3) is 4.17. The van der Waals surface area contributed by atoms with E-state index in [9.17, 15) is 0 Å². The van der Waals surface area contributed by atoms with Crippen LogP contribution >= 0.6 is 0 Å². The van der Waals surface area contributed by atoms with Gasteiger partial charge in [-0.2, -0.15) is 0 Å². The molecule has 0 saturated carbocycles. The van der Waals surface area contributed by atoms with Crippen molar-refractivity contribution in [3.05, 3.63) is 175 Å². The molecule has 0 fully saturated rings. The summed E-state index contributed by atoms with van der Waals surface area (Å²) in [7, 11) is 0. The van der Waals surface area contributed by atoms with Gasteiger partial charge < -0.3 is 4.90 Å². The van der Waals surface area contributed by atoms with Crippen LogP contribution in [-0.4, -0.2) is 0 Å². The molecule has 0 atom stereocenters. The molecule has 0 saturated heterocycles. The fourth-order valence-electron chi connectivity index (χ4n) is 7.28. The van der Waals surface area contributed by atoms with E-state index in [1.165, 1.54) is 71.6 Å². The molecule has 8 aromatic rings. The summed E-state index contributed by atoms with van der Waals surface area (Å²) in [6.07, 6.45) is 0. The van der Waals surface area contributed by atoms with Crippen molar-refractivity contribution in [3.8, 4) is 44.5 Å². The molecule has 0 amide bonds. The van der Waals surface area contributed by atoms with Crippen molar-refractivity contribution >= 4 is 38.6 Å². The monoisotopic (exact) mass is 585 g/mol. The van der Waals surface area contributed by atoms with Crippen molar-refractivity contribution in [2.45, 2.75) is 6.92 Å². The second-order valence-corrected chi connectivity index (χ2v) is 12.2. The number of hydrogen-bond acceptors (Lipinski definition) is 1. The Morgan fingerprint density at radius 3 is 1.37 bits per heavy atom. The Kier molecular flexibility index (Phi) is 6.11. The zero-order valence-electron chi connectivity index (χ0n) is 25.6. The molecule has 1 aliphatic carbocycles. The number of rotatable bonds is 5. The number of benzene rings is 8. The van der Waals surface area contributed by atoms with Crippen molar-refractivity contribution in [3.63, 3.8) is 0 Å². The lowest BCUT2D eigenvalue weighted by Gasteiger charge is -2.33. The molecule has 46 heavy (non-hydrogen) atoms. The van der Waals surface area contributed by atoms with E-state index >= 15 is 0 Å². The number of fused-ring (bicyclic) bond motifs is 6. The van der Waals surface area contributed by atoms with Crippen molar-refractivity contribution in [1.82, 2.24) is 0 Å². The lowest BCUT2D eigenvalue weighted by atomic mass is 9.70. The zero-order chi connectivity index (χ0) is 30.6. The Labute approximate surface area is 269 Å². The molecular formula is C45H31N. The third-order valence-electron chi connectivity index (χ3n) is 9.40. The van der Waals surface area contributed by atoms with Crippen LogP contribution in [0.5, 0.6) is 0 Å². The van der Waals surface area contributed by atoms with Crippen LogP contribution in [0.15, 0.2) is 170 Å². The summed E-state index contributed by atoms with van der Waals surface area (Å²) in [4.78, 5) is 2.35. The molecule has 216 valence electrons. The van der Waals surface area contributed by atoms with Crippen LogP contribution < -0.4 is 4.90 Å². The molecule has 1 aliphatic rings. The first-order chi connectivity index (χ1) is 22.7. The van der Waals surface area contributed by atoms with Crippen LogP contribution in [0.4, 0.5) is 17.1 Å². The highest BCUT2D eigenvalue weighted by Crippen LogP contribution is 2.59. The molecule has 9 rings (SSSR count). The van der Waals surface area contributed by atoms with E-state index < -0.39 is 0 Å². The predicted molar refractivity (Wildman–Crippen MR) is 196 cm³/mol. The van der Waals surface area contributed by atoms with E-state index in [2.05, 4.69) is 182 Å². The minimum atomic E-state index is 1.14. The summed E-state index contributed by atoms with van der Waals surface area (Å²) in [6, 6.07) is 61.9. The number of nitrogens with zero attached hydrogens (tertiary/aromatic N) is 1. The minimum Gasteiger partial charge on any atom is -0.310 e. The fourth-order valence-corrected chi connectivity index (χ4v) is 7.28. The Morgan fingerprint density at radius 2 is 0.804 bits per heavy atom. The van der Waals surface area contributed by atoms with Gasteiger partial charge in [-0.3, -0.25) is 0 Å². The van der Waals surface area contributed by atoms with Gasteiger partial charge in [0.2, 0.25) is 0 Å². The van der Waals surface area contributed by atoms with Crippen molar-refractivity contribution in [1.29, 1.82) is 0 Å². The normalized spacial score (nSPS) is 11.6. The van der Waals surface area contributed by atoms with E-state index in [-0.39, 0.29) is 0 Å². The van der Waals surface area contributed by atoms with Crippen LogP contribution in [0.25, 0.3) is 66.1 Å². The summed E-state index contributed by atoms with van der Waals surface area (Å²) in [5.74, 6) is 0. The summed E-state index contributed by atoms with van der Waals surface area (Å²) in [6.45, 7) is 2.14. The van der Waals surface area contributed by atoms with Gasteiger partial charge in [-0.1, -0.05) is 127 Å². The Morgan fingerprint density at radius 1 is 0.348 bits per heavy atom. The molecule has 8 aromatic carbocycles. The van der Waals surface area contributed by atoms with Crippen LogP contribution in [0.1, 0.15) is 5.56 Å². The molecule has 0 bridgehead atoms. The molecule has 0 N–H and O–H groups in total. The van der Waals surface area contributed by atoms with E-state index in [0.29, 0.717) is 0 Å². The maximum Gasteiger partial charge on any atom is 0.0468 e. The van der Waals surface area contributed by atoms with Gasteiger partial charge in [0.15, 0.2) is 0 Å². The number of aryl methyl sites for hydroxylation is 1. The standard InChI is InChI=1S/C45H31N/c1-30-21-24-36(25-22-30)46(35-17-9-4-10-18-35)37-26-23-33-28-40-41(29-34(33)27-37)45-43(32-15-7-3-8-16-32)39-20-12-11-19-38(39)42(44(40)45)31-13-5-2-6-14-31/h2-29H,1H3. The van der Waals surface area contributed by atoms with Gasteiger partial charge >= 0.3 is 0 Å². The zero-order valence-corrected chi connectivity index (χ0v) is 25.6. The van der Waals surface area contributed by atoms with Gasteiger partial charge in [0.25, 0.3) is 0 Å². The maximum absolute atomic E-state index is 2.42. The van der Waals surface area contributed by atoms with Gasteiger partial charge in [-0.15, -0.1) is 0 Å². The highest BCUT2D eigenvalue weighted by molar-refractivity contribution is 6.25. The Bertz CT molecular complexity index is 2390. The summed E-state index contributed by atoms with van der Waals surface area (Å²) >= 11 is 0. The second kappa shape index (κ2) is 10.6. The van der Waals surface area contributed by atoms with Crippen LogP contribution in [0.3, 0.4) is 0 Å². The SMILES string of the molecule is Cc1ccc(N(c2ccccc2)c2ccc3cc4c(cc3c2)-c2c-4c(-c3ccccc3)c3ccccc3c2-c2ccccc2)cc1. The second-order valence-electron chi connectivity index (χ2n) is 12.2. The van der Waals surface area contributed by atoms with Crippen LogP contribution in [-0.2, 0) is 0 Å². The molecule has 0 heterocycles. The van der Waals surface area contributed by atoms with Gasteiger partial charge in [0.05, 0.1) is 0 Å². The van der Waals surface area contributed by atoms with E-state index in [0.717, 1.165) is 17.1 Å². The van der Waals surface area contributed by atoms with Crippen molar-refractivity contribution in [2.75, 3.05) is 4.90 Å². The van der Waals surface area contributed by atoms with Crippen molar-refractivity contribution in [2.24, 2.45) is 0 Å². The van der Waals surface area contributed by atoms with Gasteiger partial charge in [-0.05, 0) is 122 Å². The quantitative estimate of drug-likeness (QED) is 0.194. The highest BCUT2D eigenvalue weighted by atomic mass is 15.1. The smallest absolute Gasteiger partial charge is 0.0468 e. The average Bonchev–Trinajstić information content (AvgIpc) is 3.12. The first-order valence-electron chi connectivity index (χ1n) is 15.9. The van der Waals surface area contributed by atoms with Crippen LogP contribution in [0.2, 0.25) is 0 Å². The van der Waals surface area contributed by atoms with E-state index in [1.807, 2.05) is 0 Å². The summed E-state index contributed by atoms with van der Waals surface area (Å²) in [5, 5.41) is 5.08. The Hall–Kier alpha value is -5.92. The molecule has 0 aromatic heterocycles. The lowest BCUT2D eigenvalue weighted by Crippen LogP contribution is -2.10. The van der Waals surface area contributed by atoms with Gasteiger partial charge in [0, 0.05) is 17.1 Å². The van der Waals surface area contributed by atoms with E-state index in [1.54, 1.807) is 0 Å². The largest absolute Gasteiger partial charge is 0.310 e. The Balaban J connectivity index is 1.29. The summed E-state index contributed by atoms with van der Waals surface area (Å²) in [5.41, 5.74) is 15.2. The van der Waals surface area contributed by atoms with Gasteiger partial charge in [0.1, 0.15) is 0 Å². The molecule has 0 spiro atoms. The summed E-state index contributed by atoms with van der Waals surface area (Å²) < 4.78 is 0. The van der Waals surface area contributed by atoms with Crippen LogP contribution in [0, 0.1) is 6.92 Å². The third-order valence-corrected chi connectivity index (χ3v) is 9.40. The van der Waals surface area contributed by atoms with E-state index in [4.69, 9.17) is 0 Å². The average molecular weight is 586 g/mol. The fraction of sp³-hybridized carbons (Fsp3) is 0.0222. The lowest BCUT2D eigenvalue weighted by molar-refractivity contribution is 1.28. The molecule has 0 unspecified atom stereocenters. The first kappa shape index (κ1) is 26.5. The predicted octanol–water partition coefficient (Wildman–Crippen LogP) is 12.8.